The molecule has 13 heavy (non-hydrogen) atoms. The molecule has 0 aliphatic rings. The van der Waals surface area contributed by atoms with Gasteiger partial charge in [0.05, 0.1) is 6.04 Å². The largest absolute Gasteiger partial charge is 0.303 e. The molecular formula is C8H8N4O. The van der Waals surface area contributed by atoms with Crippen molar-refractivity contribution < 1.29 is 4.79 Å². The number of carbonyl (C=O) groups is 1. The highest BCUT2D eigenvalue weighted by Crippen LogP contribution is 2.02. The third-order valence-electron chi connectivity index (χ3n) is 1.55. The first-order valence-corrected chi connectivity index (χ1v) is 3.75. The lowest BCUT2D eigenvalue weighted by Crippen LogP contribution is -2.08. The Kier molecular flexibility index (Phi) is 3.47. The van der Waals surface area contributed by atoms with Gasteiger partial charge in [0.15, 0.2) is 0 Å². The van der Waals surface area contributed by atoms with Crippen LogP contribution in [0.3, 0.4) is 0 Å². The van der Waals surface area contributed by atoms with Crippen LogP contribution in [0.2, 0.25) is 0 Å². The van der Waals surface area contributed by atoms with E-state index in [-0.39, 0.29) is 0 Å². The Balaban J connectivity index is 2.67. The van der Waals surface area contributed by atoms with Crippen LogP contribution in [0, 0.1) is 0 Å². The van der Waals surface area contributed by atoms with E-state index in [0.717, 1.165) is 5.56 Å². The van der Waals surface area contributed by atoms with Gasteiger partial charge in [0.2, 0.25) is 0 Å². The number of rotatable bonds is 4. The first-order valence-electron chi connectivity index (χ1n) is 3.75. The number of hydrogen-bond acceptors (Lipinski definition) is 3. The van der Waals surface area contributed by atoms with E-state index < -0.39 is 6.04 Å². The standard InChI is InChI=1S/C8H8N4O/c9-12-11-8(6-13)5-7-1-3-10-4-2-7/h1-4,6,8H,5H2. The van der Waals surface area contributed by atoms with E-state index in [9.17, 15) is 4.79 Å². The summed E-state index contributed by atoms with van der Waals surface area (Å²) in [4.78, 5) is 16.8. The van der Waals surface area contributed by atoms with Crippen LogP contribution in [-0.4, -0.2) is 17.3 Å². The second-order valence-corrected chi connectivity index (χ2v) is 2.47. The van der Waals surface area contributed by atoms with Gasteiger partial charge >= 0.3 is 0 Å². The molecule has 0 N–H and O–H groups in total. The van der Waals surface area contributed by atoms with Crippen LogP contribution in [0.25, 0.3) is 10.4 Å². The highest BCUT2D eigenvalue weighted by molar-refractivity contribution is 5.58. The summed E-state index contributed by atoms with van der Waals surface area (Å²) >= 11 is 0. The first kappa shape index (κ1) is 9.22. The molecule has 0 aliphatic carbocycles. The van der Waals surface area contributed by atoms with Crippen molar-refractivity contribution in [1.29, 1.82) is 0 Å². The van der Waals surface area contributed by atoms with Gasteiger partial charge in [-0.3, -0.25) is 4.98 Å². The maximum atomic E-state index is 10.4. The first-order chi connectivity index (χ1) is 6.36. The Hall–Kier alpha value is -1.87. The molecule has 66 valence electrons. The summed E-state index contributed by atoms with van der Waals surface area (Å²) in [6, 6.07) is 2.94. The van der Waals surface area contributed by atoms with Crippen molar-refractivity contribution in [2.24, 2.45) is 5.11 Å². The van der Waals surface area contributed by atoms with E-state index in [4.69, 9.17) is 5.53 Å². The minimum absolute atomic E-state index is 0.427. The van der Waals surface area contributed by atoms with Crippen molar-refractivity contribution >= 4 is 6.29 Å². The molecule has 0 amide bonds. The Morgan fingerprint density at radius 1 is 1.62 bits per heavy atom. The number of carbonyl (C=O) groups excluding carboxylic acids is 1. The van der Waals surface area contributed by atoms with E-state index in [1.807, 2.05) is 0 Å². The third kappa shape index (κ3) is 2.92. The fourth-order valence-electron chi connectivity index (χ4n) is 0.943. The van der Waals surface area contributed by atoms with Crippen molar-refractivity contribution in [1.82, 2.24) is 4.98 Å². The molecule has 5 nitrogen and oxygen atoms in total. The Labute approximate surface area is 75.0 Å². The van der Waals surface area contributed by atoms with Crippen molar-refractivity contribution in [2.75, 3.05) is 0 Å². The SMILES string of the molecule is [N-]=[N+]=NC(C=O)Cc1ccncc1. The molecule has 0 saturated heterocycles. The van der Waals surface area contributed by atoms with Crippen LogP contribution >= 0.6 is 0 Å². The summed E-state index contributed by atoms with van der Waals surface area (Å²) in [5, 5.41) is 3.33. The van der Waals surface area contributed by atoms with Crippen LogP contribution in [0.4, 0.5) is 0 Å². The topological polar surface area (TPSA) is 78.7 Å². The van der Waals surface area contributed by atoms with Crippen LogP contribution in [-0.2, 0) is 11.2 Å². The van der Waals surface area contributed by atoms with Gasteiger partial charge < -0.3 is 4.79 Å². The zero-order valence-corrected chi connectivity index (χ0v) is 6.87. The summed E-state index contributed by atoms with van der Waals surface area (Å²) in [5.41, 5.74) is 9.06. The molecule has 5 heteroatoms. The predicted octanol–water partition coefficient (Wildman–Crippen LogP) is 1.50. The molecule has 0 spiro atoms. The molecule has 1 aromatic rings. The maximum Gasteiger partial charge on any atom is 0.129 e. The lowest BCUT2D eigenvalue weighted by Gasteiger charge is -2.01. The smallest absolute Gasteiger partial charge is 0.129 e. The average molecular weight is 176 g/mol. The molecule has 1 aromatic heterocycles. The molecule has 0 saturated carbocycles. The molecule has 1 unspecified atom stereocenters. The summed E-state index contributed by atoms with van der Waals surface area (Å²) in [6.45, 7) is 0. The molecule has 1 rings (SSSR count). The van der Waals surface area contributed by atoms with Crippen LogP contribution in [0.15, 0.2) is 29.6 Å². The maximum absolute atomic E-state index is 10.4. The van der Waals surface area contributed by atoms with Crippen LogP contribution in [0.1, 0.15) is 5.56 Å². The van der Waals surface area contributed by atoms with Crippen molar-refractivity contribution in [3.63, 3.8) is 0 Å². The molecule has 1 heterocycles. The van der Waals surface area contributed by atoms with Gasteiger partial charge in [-0.05, 0) is 29.6 Å². The quantitative estimate of drug-likeness (QED) is 0.301. The van der Waals surface area contributed by atoms with Gasteiger partial charge in [0.25, 0.3) is 0 Å². The van der Waals surface area contributed by atoms with E-state index >= 15 is 0 Å². The molecule has 1 atom stereocenters. The zero-order chi connectivity index (χ0) is 9.52. The lowest BCUT2D eigenvalue weighted by molar-refractivity contribution is -0.108. The number of azide groups is 1. The van der Waals surface area contributed by atoms with E-state index in [2.05, 4.69) is 15.0 Å². The molecule has 0 radical (unpaired) electrons. The van der Waals surface area contributed by atoms with Crippen molar-refractivity contribution in [3.8, 4) is 0 Å². The minimum Gasteiger partial charge on any atom is -0.303 e. The Morgan fingerprint density at radius 3 is 2.85 bits per heavy atom. The highest BCUT2D eigenvalue weighted by Gasteiger charge is 2.04. The van der Waals surface area contributed by atoms with Crippen LogP contribution < -0.4 is 0 Å². The number of aldehydes is 1. The number of nitrogens with zero attached hydrogens (tertiary/aromatic N) is 4. The van der Waals surface area contributed by atoms with Gasteiger partial charge in [0, 0.05) is 17.3 Å². The normalized spacial score (nSPS) is 11.4. The summed E-state index contributed by atoms with van der Waals surface area (Å²) in [7, 11) is 0. The number of hydrogen-bond donors (Lipinski definition) is 0. The second-order valence-electron chi connectivity index (χ2n) is 2.47. The average Bonchev–Trinajstić information content (AvgIpc) is 2.19. The highest BCUT2D eigenvalue weighted by atomic mass is 16.1. The monoisotopic (exact) mass is 176 g/mol. The Bertz CT molecular complexity index is 318. The van der Waals surface area contributed by atoms with Crippen molar-refractivity contribution in [3.05, 3.63) is 40.5 Å². The summed E-state index contributed by atoms with van der Waals surface area (Å²) in [6.07, 6.45) is 4.33. The molecule has 0 fully saturated rings. The molecular weight excluding hydrogens is 168 g/mol. The van der Waals surface area contributed by atoms with Gasteiger partial charge in [-0.1, -0.05) is 5.11 Å². The number of aromatic nitrogens is 1. The summed E-state index contributed by atoms with van der Waals surface area (Å²) in [5.74, 6) is 0. The van der Waals surface area contributed by atoms with E-state index in [1.165, 1.54) is 0 Å². The van der Waals surface area contributed by atoms with Gasteiger partial charge in [-0.2, -0.15) is 0 Å². The molecule has 0 aliphatic heterocycles. The van der Waals surface area contributed by atoms with Crippen LogP contribution in [0.5, 0.6) is 0 Å². The van der Waals surface area contributed by atoms with E-state index in [0.29, 0.717) is 12.7 Å². The number of pyridine rings is 1. The molecule has 0 aromatic carbocycles. The van der Waals surface area contributed by atoms with Crippen molar-refractivity contribution in [2.45, 2.75) is 12.5 Å². The third-order valence-corrected chi connectivity index (χ3v) is 1.55. The second kappa shape index (κ2) is 4.90. The fourth-order valence-corrected chi connectivity index (χ4v) is 0.943. The van der Waals surface area contributed by atoms with E-state index in [1.54, 1.807) is 24.5 Å². The summed E-state index contributed by atoms with van der Waals surface area (Å²) < 4.78 is 0. The lowest BCUT2D eigenvalue weighted by atomic mass is 10.1. The predicted molar refractivity (Wildman–Crippen MR) is 46.9 cm³/mol. The van der Waals surface area contributed by atoms with Gasteiger partial charge in [0.1, 0.15) is 6.29 Å². The molecule has 0 bridgehead atoms. The van der Waals surface area contributed by atoms with Gasteiger partial charge in [-0.25, -0.2) is 0 Å². The Morgan fingerprint density at radius 2 is 2.31 bits per heavy atom. The fraction of sp³-hybridized carbons (Fsp3) is 0.250. The van der Waals surface area contributed by atoms with Gasteiger partial charge in [-0.15, -0.1) is 0 Å². The minimum atomic E-state index is -0.618. The zero-order valence-electron chi connectivity index (χ0n) is 6.87.